The van der Waals surface area contributed by atoms with Gasteiger partial charge in [-0.15, -0.1) is 0 Å². The number of alkyl halides is 3. The Bertz CT molecular complexity index is 1020. The van der Waals surface area contributed by atoms with E-state index in [4.69, 9.17) is 11.6 Å². The van der Waals surface area contributed by atoms with Gasteiger partial charge in [-0.1, -0.05) is 41.9 Å². The molecule has 28 heavy (non-hydrogen) atoms. The molecule has 3 rings (SSSR count). The van der Waals surface area contributed by atoms with E-state index in [1.807, 2.05) is 30.3 Å². The van der Waals surface area contributed by atoms with E-state index in [9.17, 15) is 18.0 Å². The van der Waals surface area contributed by atoms with Gasteiger partial charge < -0.3 is 5.32 Å². The SMILES string of the molecule is Cc1nn(-c2ncc(C(F)(F)F)cc2Cl)c(C)c1C(=O)NCc1ccccc1. The van der Waals surface area contributed by atoms with Gasteiger partial charge in [0.25, 0.3) is 5.91 Å². The molecule has 0 radical (unpaired) electrons. The highest BCUT2D eigenvalue weighted by Gasteiger charge is 2.32. The van der Waals surface area contributed by atoms with Crippen LogP contribution in [-0.4, -0.2) is 20.7 Å². The van der Waals surface area contributed by atoms with Crippen LogP contribution in [0.3, 0.4) is 0 Å². The first-order valence-corrected chi connectivity index (χ1v) is 8.67. The highest BCUT2D eigenvalue weighted by atomic mass is 35.5. The normalized spacial score (nSPS) is 11.5. The summed E-state index contributed by atoms with van der Waals surface area (Å²) < 4.78 is 39.7. The van der Waals surface area contributed by atoms with Crippen LogP contribution in [0.25, 0.3) is 5.82 Å². The van der Waals surface area contributed by atoms with Crippen LogP contribution in [0, 0.1) is 13.8 Å². The summed E-state index contributed by atoms with van der Waals surface area (Å²) >= 11 is 6.00. The highest BCUT2D eigenvalue weighted by molar-refractivity contribution is 6.32. The van der Waals surface area contributed by atoms with Gasteiger partial charge in [0, 0.05) is 12.7 Å². The van der Waals surface area contributed by atoms with E-state index in [-0.39, 0.29) is 16.7 Å². The maximum absolute atomic E-state index is 12.8. The predicted octanol–water partition coefficient (Wildman–Crippen LogP) is 4.49. The lowest BCUT2D eigenvalue weighted by molar-refractivity contribution is -0.137. The number of pyridine rings is 1. The van der Waals surface area contributed by atoms with Crippen LogP contribution in [0.5, 0.6) is 0 Å². The second kappa shape index (κ2) is 7.63. The Labute approximate surface area is 164 Å². The third-order valence-corrected chi connectivity index (χ3v) is 4.44. The molecule has 0 bridgehead atoms. The molecule has 2 heterocycles. The smallest absolute Gasteiger partial charge is 0.348 e. The summed E-state index contributed by atoms with van der Waals surface area (Å²) in [6, 6.07) is 10.2. The number of amides is 1. The van der Waals surface area contributed by atoms with E-state index >= 15 is 0 Å². The molecule has 9 heteroatoms. The number of aryl methyl sites for hydroxylation is 1. The highest BCUT2D eigenvalue weighted by Crippen LogP contribution is 2.32. The van der Waals surface area contributed by atoms with Gasteiger partial charge in [-0.05, 0) is 25.5 Å². The fourth-order valence-electron chi connectivity index (χ4n) is 2.79. The Kier molecular flexibility index (Phi) is 5.42. The van der Waals surface area contributed by atoms with Crippen molar-refractivity contribution in [1.82, 2.24) is 20.1 Å². The lowest BCUT2D eigenvalue weighted by Crippen LogP contribution is -2.24. The van der Waals surface area contributed by atoms with Crippen molar-refractivity contribution in [2.24, 2.45) is 0 Å². The molecule has 0 aliphatic rings. The van der Waals surface area contributed by atoms with Crippen molar-refractivity contribution in [2.75, 3.05) is 0 Å². The summed E-state index contributed by atoms with van der Waals surface area (Å²) in [6.07, 6.45) is -3.86. The van der Waals surface area contributed by atoms with Crippen LogP contribution in [0.1, 0.15) is 32.9 Å². The fraction of sp³-hybridized carbons (Fsp3) is 0.211. The Hall–Kier alpha value is -2.87. The molecular weight excluding hydrogens is 393 g/mol. The third-order valence-electron chi connectivity index (χ3n) is 4.16. The van der Waals surface area contributed by atoms with Crippen molar-refractivity contribution >= 4 is 17.5 Å². The second-order valence-electron chi connectivity index (χ2n) is 6.15. The Balaban J connectivity index is 1.89. The van der Waals surface area contributed by atoms with E-state index in [0.717, 1.165) is 11.6 Å². The number of benzene rings is 1. The van der Waals surface area contributed by atoms with Gasteiger partial charge in [-0.3, -0.25) is 4.79 Å². The monoisotopic (exact) mass is 408 g/mol. The fourth-order valence-corrected chi connectivity index (χ4v) is 3.03. The van der Waals surface area contributed by atoms with Crippen LogP contribution < -0.4 is 5.32 Å². The maximum atomic E-state index is 12.8. The van der Waals surface area contributed by atoms with Gasteiger partial charge in [-0.2, -0.15) is 18.3 Å². The van der Waals surface area contributed by atoms with Crippen molar-refractivity contribution in [1.29, 1.82) is 0 Å². The minimum absolute atomic E-state index is 0.0253. The van der Waals surface area contributed by atoms with Crippen molar-refractivity contribution in [3.63, 3.8) is 0 Å². The van der Waals surface area contributed by atoms with Crippen LogP contribution in [0.15, 0.2) is 42.6 Å². The van der Waals surface area contributed by atoms with Crippen LogP contribution in [0.4, 0.5) is 13.2 Å². The number of nitrogens with zero attached hydrogens (tertiary/aromatic N) is 3. The quantitative estimate of drug-likeness (QED) is 0.692. The molecule has 0 unspecified atom stereocenters. The summed E-state index contributed by atoms with van der Waals surface area (Å²) in [5, 5.41) is 6.84. The average Bonchev–Trinajstić information content (AvgIpc) is 2.94. The number of hydrogen-bond acceptors (Lipinski definition) is 3. The molecule has 0 saturated heterocycles. The Morgan fingerprint density at radius 2 is 1.89 bits per heavy atom. The number of rotatable bonds is 4. The van der Waals surface area contributed by atoms with Crippen molar-refractivity contribution in [3.8, 4) is 5.82 Å². The molecule has 2 aromatic heterocycles. The van der Waals surface area contributed by atoms with Crippen LogP contribution >= 0.6 is 11.6 Å². The van der Waals surface area contributed by atoms with Crippen molar-refractivity contribution in [2.45, 2.75) is 26.6 Å². The standard InChI is InChI=1S/C19H16ClF3N4O/c1-11-16(18(28)25-9-13-6-4-3-5-7-13)12(2)27(26-11)17-15(20)8-14(10-24-17)19(21,22)23/h3-8,10H,9H2,1-2H3,(H,25,28). The lowest BCUT2D eigenvalue weighted by Gasteiger charge is -2.10. The minimum Gasteiger partial charge on any atom is -0.348 e. The first-order chi connectivity index (χ1) is 13.2. The number of hydrogen-bond donors (Lipinski definition) is 1. The maximum Gasteiger partial charge on any atom is 0.417 e. The van der Waals surface area contributed by atoms with E-state index in [1.54, 1.807) is 13.8 Å². The first kappa shape index (κ1) is 19.9. The molecule has 3 aromatic rings. The Morgan fingerprint density at radius 3 is 2.50 bits per heavy atom. The third kappa shape index (κ3) is 4.01. The summed E-state index contributed by atoms with van der Waals surface area (Å²) in [7, 11) is 0. The van der Waals surface area contributed by atoms with Crippen LogP contribution in [-0.2, 0) is 12.7 Å². The van der Waals surface area contributed by atoms with E-state index in [0.29, 0.717) is 29.7 Å². The van der Waals surface area contributed by atoms with Gasteiger partial charge in [-0.25, -0.2) is 9.67 Å². The zero-order valence-corrected chi connectivity index (χ0v) is 15.8. The number of halogens is 4. The Morgan fingerprint density at radius 1 is 1.21 bits per heavy atom. The molecule has 0 atom stereocenters. The second-order valence-corrected chi connectivity index (χ2v) is 6.56. The van der Waals surface area contributed by atoms with Gasteiger partial charge in [0.05, 0.1) is 27.5 Å². The molecule has 0 spiro atoms. The molecule has 146 valence electrons. The molecule has 0 fully saturated rings. The molecular formula is C19H16ClF3N4O. The van der Waals surface area contributed by atoms with Gasteiger partial charge in [0.1, 0.15) is 0 Å². The van der Waals surface area contributed by atoms with E-state index in [2.05, 4.69) is 15.4 Å². The molecule has 0 saturated carbocycles. The minimum atomic E-state index is -4.55. The number of aromatic nitrogens is 3. The average molecular weight is 409 g/mol. The lowest BCUT2D eigenvalue weighted by atomic mass is 10.1. The predicted molar refractivity (Wildman–Crippen MR) is 98.5 cm³/mol. The van der Waals surface area contributed by atoms with E-state index < -0.39 is 11.7 Å². The number of nitrogens with one attached hydrogen (secondary N) is 1. The summed E-state index contributed by atoms with van der Waals surface area (Å²) in [5.74, 6) is -0.314. The molecule has 1 N–H and O–H groups in total. The molecule has 5 nitrogen and oxygen atoms in total. The number of carbonyl (C=O) groups excluding carboxylic acids is 1. The molecule has 1 amide bonds. The van der Waals surface area contributed by atoms with Crippen molar-refractivity contribution in [3.05, 3.63) is 75.7 Å². The summed E-state index contributed by atoms with van der Waals surface area (Å²) in [4.78, 5) is 16.4. The van der Waals surface area contributed by atoms with E-state index in [1.165, 1.54) is 4.68 Å². The zero-order valence-electron chi connectivity index (χ0n) is 15.0. The summed E-state index contributed by atoms with van der Waals surface area (Å²) in [6.45, 7) is 3.61. The molecule has 0 aliphatic heterocycles. The largest absolute Gasteiger partial charge is 0.417 e. The van der Waals surface area contributed by atoms with Gasteiger partial charge in [0.15, 0.2) is 5.82 Å². The van der Waals surface area contributed by atoms with Crippen LogP contribution in [0.2, 0.25) is 5.02 Å². The van der Waals surface area contributed by atoms with Gasteiger partial charge in [0.2, 0.25) is 0 Å². The first-order valence-electron chi connectivity index (χ1n) is 8.30. The zero-order chi connectivity index (χ0) is 20.5. The van der Waals surface area contributed by atoms with Crippen molar-refractivity contribution < 1.29 is 18.0 Å². The topological polar surface area (TPSA) is 59.8 Å². The molecule has 1 aromatic carbocycles. The molecule has 0 aliphatic carbocycles. The number of carbonyl (C=O) groups is 1. The summed E-state index contributed by atoms with van der Waals surface area (Å²) in [5.41, 5.74) is 1.15. The van der Waals surface area contributed by atoms with Gasteiger partial charge >= 0.3 is 6.18 Å².